The molecule has 5 aliphatic rings. The second kappa shape index (κ2) is 12.0. The topological polar surface area (TPSA) is 144 Å². The van der Waals surface area contributed by atoms with Crippen LogP contribution < -0.4 is 0 Å². The number of hydrogen-bond donors (Lipinski definition) is 1. The van der Waals surface area contributed by atoms with Gasteiger partial charge in [-0.3, -0.25) is 0 Å². The summed E-state index contributed by atoms with van der Waals surface area (Å²) in [7, 11) is 2.48. The highest BCUT2D eigenvalue weighted by molar-refractivity contribution is 6.29. The van der Waals surface area contributed by atoms with E-state index in [1.807, 2.05) is 51.2 Å². The molecule has 234 valence electrons. The summed E-state index contributed by atoms with van der Waals surface area (Å²) in [5.74, 6) is -5.35. The SMILES string of the molecule is COC(=O)C(=O)O[C@H](C)[C@H]1OC(=O)[C@@H](OC)C[C@H]2C=CC3C4C(O)[C@@H](C)[C@@H](OC(=O)C5=CC=CC5)[C@@H]3O[C@]42/C(C)=C/[C@H]1C. The molecule has 11 heteroatoms. The molecule has 0 aromatic heterocycles. The molecule has 0 radical (unpaired) electrons. The molecular weight excluding hydrogens is 560 g/mol. The van der Waals surface area contributed by atoms with Crippen molar-refractivity contribution in [2.75, 3.05) is 14.2 Å². The Labute approximate surface area is 250 Å². The van der Waals surface area contributed by atoms with Gasteiger partial charge >= 0.3 is 23.9 Å². The standard InChI is InChI=1S/C32H40O11/c1-15-13-16(2)32-20(14-22(38-5)29(35)41-25(15)18(4)40-31(37)30(36)39-6)11-12-21-23(32)24(33)17(3)26(27(21)43-32)42-28(34)19-9-7-8-10-19/h7-9,11-13,15,17-18,20-27,33H,10,14H2,1-6H3/b16-13+/t15-,17-,18-,20-,21?,22+,23?,24?,25+,26-,27-,32+/m1/s1. The number of carbonyl (C=O) groups is 4. The third-order valence-corrected chi connectivity index (χ3v) is 9.78. The molecule has 4 bridgehead atoms. The number of esters is 4. The normalized spacial score (nSPS) is 41.6. The first-order valence-electron chi connectivity index (χ1n) is 14.8. The fraction of sp³-hybridized carbons (Fsp3) is 0.625. The van der Waals surface area contributed by atoms with Crippen molar-refractivity contribution in [3.63, 3.8) is 0 Å². The van der Waals surface area contributed by atoms with Crippen molar-refractivity contribution in [1.82, 2.24) is 0 Å². The summed E-state index contributed by atoms with van der Waals surface area (Å²) in [4.78, 5) is 50.3. The van der Waals surface area contributed by atoms with Gasteiger partial charge in [-0.1, -0.05) is 50.3 Å². The van der Waals surface area contributed by atoms with Gasteiger partial charge in [-0.05, 0) is 32.3 Å². The Hall–Kier alpha value is -3.28. The van der Waals surface area contributed by atoms with Crippen LogP contribution in [0.3, 0.4) is 0 Å². The third kappa shape index (κ3) is 5.25. The van der Waals surface area contributed by atoms with Crippen LogP contribution in [0.4, 0.5) is 0 Å². The fourth-order valence-electron chi connectivity index (χ4n) is 7.65. The molecule has 1 spiro atoms. The number of cyclic esters (lactones) is 1. The van der Waals surface area contributed by atoms with Crippen LogP contribution in [0.25, 0.3) is 0 Å². The van der Waals surface area contributed by atoms with E-state index >= 15 is 0 Å². The summed E-state index contributed by atoms with van der Waals surface area (Å²) in [6.07, 6.45) is 6.97. The van der Waals surface area contributed by atoms with E-state index in [1.165, 1.54) is 14.0 Å². The first kappa shape index (κ1) is 31.2. The summed E-state index contributed by atoms with van der Waals surface area (Å²) >= 11 is 0. The molecule has 1 N–H and O–H groups in total. The van der Waals surface area contributed by atoms with Gasteiger partial charge in [0.2, 0.25) is 0 Å². The molecule has 3 unspecified atom stereocenters. The molecule has 11 nitrogen and oxygen atoms in total. The Bertz CT molecular complexity index is 1280. The van der Waals surface area contributed by atoms with Crippen LogP contribution in [-0.4, -0.2) is 85.4 Å². The van der Waals surface area contributed by atoms with Crippen LogP contribution in [0.5, 0.6) is 0 Å². The summed E-state index contributed by atoms with van der Waals surface area (Å²) in [5.41, 5.74) is 0.318. The van der Waals surface area contributed by atoms with Gasteiger partial charge in [0.1, 0.15) is 30.0 Å². The fourth-order valence-corrected chi connectivity index (χ4v) is 7.65. The predicted molar refractivity (Wildman–Crippen MR) is 150 cm³/mol. The van der Waals surface area contributed by atoms with E-state index in [4.69, 9.17) is 23.7 Å². The molecule has 0 amide bonds. The van der Waals surface area contributed by atoms with Gasteiger partial charge < -0.3 is 33.5 Å². The molecule has 5 rings (SSSR count). The average molecular weight is 601 g/mol. The quantitative estimate of drug-likeness (QED) is 0.215. The van der Waals surface area contributed by atoms with E-state index in [0.717, 1.165) is 12.7 Å². The summed E-state index contributed by atoms with van der Waals surface area (Å²) in [6, 6.07) is 0. The summed E-state index contributed by atoms with van der Waals surface area (Å²) in [6.45, 7) is 7.13. The molecule has 0 aromatic rings. The second-order valence-corrected chi connectivity index (χ2v) is 12.2. The Kier molecular flexibility index (Phi) is 8.70. The summed E-state index contributed by atoms with van der Waals surface area (Å²) in [5, 5.41) is 11.8. The van der Waals surface area contributed by atoms with E-state index in [-0.39, 0.29) is 24.2 Å². The van der Waals surface area contributed by atoms with E-state index < -0.39 is 77.9 Å². The van der Waals surface area contributed by atoms with Gasteiger partial charge in [-0.15, -0.1) is 0 Å². The largest absolute Gasteiger partial charge is 0.461 e. The molecular formula is C32H40O11. The zero-order valence-electron chi connectivity index (χ0n) is 25.3. The van der Waals surface area contributed by atoms with Crippen molar-refractivity contribution in [2.24, 2.45) is 29.6 Å². The number of rotatable bonds is 5. The lowest BCUT2D eigenvalue weighted by atomic mass is 9.57. The highest BCUT2D eigenvalue weighted by Crippen LogP contribution is 2.61. The minimum Gasteiger partial charge on any atom is -0.461 e. The lowest BCUT2D eigenvalue weighted by Gasteiger charge is -2.49. The summed E-state index contributed by atoms with van der Waals surface area (Å²) < 4.78 is 34.2. The van der Waals surface area contributed by atoms with Crippen LogP contribution in [0.15, 0.2) is 47.6 Å². The van der Waals surface area contributed by atoms with Crippen molar-refractivity contribution < 1.29 is 52.7 Å². The molecule has 2 aliphatic heterocycles. The molecule has 2 fully saturated rings. The number of hydrogen-bond acceptors (Lipinski definition) is 11. The van der Waals surface area contributed by atoms with Gasteiger partial charge in [-0.2, -0.15) is 0 Å². The number of ether oxygens (including phenoxy) is 6. The Morgan fingerprint density at radius 1 is 1.14 bits per heavy atom. The van der Waals surface area contributed by atoms with E-state index in [9.17, 15) is 24.3 Å². The van der Waals surface area contributed by atoms with E-state index in [0.29, 0.717) is 12.0 Å². The van der Waals surface area contributed by atoms with Crippen molar-refractivity contribution in [3.8, 4) is 0 Å². The Morgan fingerprint density at radius 3 is 2.53 bits per heavy atom. The monoisotopic (exact) mass is 600 g/mol. The van der Waals surface area contributed by atoms with Gasteiger partial charge in [0.25, 0.3) is 0 Å². The highest BCUT2D eigenvalue weighted by Gasteiger charge is 2.69. The molecule has 1 saturated heterocycles. The maximum absolute atomic E-state index is 13.4. The lowest BCUT2D eigenvalue weighted by molar-refractivity contribution is -0.183. The average Bonchev–Trinajstić information content (AvgIpc) is 3.59. The number of carbonyl (C=O) groups excluding carboxylic acids is 4. The number of aliphatic hydroxyl groups excluding tert-OH is 1. The Balaban J connectivity index is 1.52. The minimum absolute atomic E-state index is 0.189. The van der Waals surface area contributed by atoms with E-state index in [2.05, 4.69) is 4.74 Å². The number of aliphatic hydroxyl groups is 1. The second-order valence-electron chi connectivity index (χ2n) is 12.2. The zero-order valence-corrected chi connectivity index (χ0v) is 25.3. The molecule has 1 saturated carbocycles. The van der Waals surface area contributed by atoms with E-state index in [1.54, 1.807) is 6.08 Å². The number of allylic oxidation sites excluding steroid dienone is 3. The molecule has 0 aromatic carbocycles. The van der Waals surface area contributed by atoms with Crippen molar-refractivity contribution in [1.29, 1.82) is 0 Å². The van der Waals surface area contributed by atoms with Crippen LogP contribution in [-0.2, 0) is 47.6 Å². The van der Waals surface area contributed by atoms with Crippen molar-refractivity contribution >= 4 is 23.9 Å². The predicted octanol–water partition coefficient (Wildman–Crippen LogP) is 2.37. The maximum Gasteiger partial charge on any atom is 0.417 e. The molecule has 2 heterocycles. The van der Waals surface area contributed by atoms with Crippen molar-refractivity contribution in [3.05, 3.63) is 47.6 Å². The number of methoxy groups -OCH3 is 2. The van der Waals surface area contributed by atoms with Gasteiger partial charge in [0.15, 0.2) is 6.10 Å². The molecule has 43 heavy (non-hydrogen) atoms. The smallest absolute Gasteiger partial charge is 0.417 e. The third-order valence-electron chi connectivity index (χ3n) is 9.78. The van der Waals surface area contributed by atoms with Crippen LogP contribution in [0.1, 0.15) is 40.5 Å². The lowest BCUT2D eigenvalue weighted by Crippen LogP contribution is -2.57. The minimum atomic E-state index is -1.20. The van der Waals surface area contributed by atoms with Gasteiger partial charge in [0, 0.05) is 42.3 Å². The maximum atomic E-state index is 13.4. The molecule has 12 atom stereocenters. The van der Waals surface area contributed by atoms with Gasteiger partial charge in [0.05, 0.1) is 13.2 Å². The first-order valence-corrected chi connectivity index (χ1v) is 14.8. The Morgan fingerprint density at radius 2 is 1.88 bits per heavy atom. The van der Waals surface area contributed by atoms with Crippen molar-refractivity contribution in [2.45, 2.75) is 82.8 Å². The highest BCUT2D eigenvalue weighted by atomic mass is 16.6. The first-order chi connectivity index (χ1) is 20.4. The van der Waals surface area contributed by atoms with Crippen LogP contribution in [0.2, 0.25) is 0 Å². The van der Waals surface area contributed by atoms with Gasteiger partial charge in [-0.25, -0.2) is 19.2 Å². The zero-order chi connectivity index (χ0) is 31.2. The van der Waals surface area contributed by atoms with Crippen LogP contribution >= 0.6 is 0 Å². The van der Waals surface area contributed by atoms with Crippen LogP contribution in [0, 0.1) is 29.6 Å². The molecule has 3 aliphatic carbocycles.